The van der Waals surface area contributed by atoms with E-state index < -0.39 is 23.2 Å². The molecule has 0 saturated carbocycles. The fourth-order valence-electron chi connectivity index (χ4n) is 2.67. The third kappa shape index (κ3) is 5.49. The Labute approximate surface area is 185 Å². The third-order valence-corrected chi connectivity index (χ3v) is 5.53. The molecule has 1 aliphatic heterocycles. The lowest BCUT2D eigenvalue weighted by molar-refractivity contribution is -0.150. The Balaban J connectivity index is 2.35. The minimum absolute atomic E-state index is 0.0478. The lowest BCUT2D eigenvalue weighted by atomic mass is 10.1. The van der Waals surface area contributed by atoms with E-state index in [4.69, 9.17) is 25.8 Å². The molecule has 1 heterocycles. The number of hydrogen-bond acceptors (Lipinski definition) is 7. The number of amides is 2. The van der Waals surface area contributed by atoms with Gasteiger partial charge in [-0.2, -0.15) is 0 Å². The van der Waals surface area contributed by atoms with Crippen LogP contribution < -0.4 is 9.47 Å². The molecular weight excluding hydrogens is 430 g/mol. The average Bonchev–Trinajstić information content (AvgIpc) is 2.97. The topological polar surface area (TPSA) is 82.1 Å². The zero-order valence-corrected chi connectivity index (χ0v) is 19.3. The van der Waals surface area contributed by atoms with Gasteiger partial charge in [0, 0.05) is 0 Å². The van der Waals surface area contributed by atoms with Gasteiger partial charge in [-0.15, -0.1) is 0 Å². The van der Waals surface area contributed by atoms with Gasteiger partial charge in [0.15, 0.2) is 11.5 Å². The van der Waals surface area contributed by atoms with E-state index in [-0.39, 0.29) is 17.6 Å². The molecule has 30 heavy (non-hydrogen) atoms. The first-order valence-electron chi connectivity index (χ1n) is 9.80. The second kappa shape index (κ2) is 10.7. The molecular formula is C21H26ClNO6S. The Morgan fingerprint density at radius 3 is 2.50 bits per heavy atom. The number of esters is 1. The minimum Gasteiger partial charge on any atom is -0.490 e. The molecule has 0 aromatic heterocycles. The number of hydrogen-bond donors (Lipinski definition) is 0. The van der Waals surface area contributed by atoms with E-state index in [0.29, 0.717) is 28.7 Å². The Hall–Kier alpha value is -2.19. The lowest BCUT2D eigenvalue weighted by Gasteiger charge is -2.19. The predicted octanol–water partition coefficient (Wildman–Crippen LogP) is 4.90. The van der Waals surface area contributed by atoms with Crippen LogP contribution in [0, 0.1) is 0 Å². The van der Waals surface area contributed by atoms with Gasteiger partial charge in [-0.05, 0) is 69.6 Å². The summed E-state index contributed by atoms with van der Waals surface area (Å²) in [5.41, 5.74) is 0.578. The number of nitrogens with zero attached hydrogens (tertiary/aromatic N) is 1. The van der Waals surface area contributed by atoms with Gasteiger partial charge in [0.1, 0.15) is 6.04 Å². The van der Waals surface area contributed by atoms with Gasteiger partial charge in [-0.1, -0.05) is 18.5 Å². The summed E-state index contributed by atoms with van der Waals surface area (Å²) in [5.74, 6) is -0.293. The summed E-state index contributed by atoms with van der Waals surface area (Å²) in [4.78, 5) is 38.1. The fraction of sp³-hybridized carbons (Fsp3) is 0.476. The molecule has 0 spiro atoms. The Bertz CT molecular complexity index is 856. The van der Waals surface area contributed by atoms with Crippen LogP contribution in [0.2, 0.25) is 5.02 Å². The van der Waals surface area contributed by atoms with Crippen molar-refractivity contribution in [1.82, 2.24) is 4.90 Å². The first-order chi connectivity index (χ1) is 14.2. The smallest absolute Gasteiger partial charge is 0.329 e. The van der Waals surface area contributed by atoms with Gasteiger partial charge >= 0.3 is 5.97 Å². The molecule has 2 amide bonds. The van der Waals surface area contributed by atoms with Crippen LogP contribution in [0.25, 0.3) is 6.08 Å². The van der Waals surface area contributed by atoms with Crippen molar-refractivity contribution in [3.8, 4) is 11.5 Å². The third-order valence-electron chi connectivity index (χ3n) is 4.36. The summed E-state index contributed by atoms with van der Waals surface area (Å²) in [5, 5.41) is -0.189. The minimum atomic E-state index is -1.00. The Kier molecular flexibility index (Phi) is 8.61. The lowest BCUT2D eigenvalue weighted by Crippen LogP contribution is -2.42. The fourth-order valence-corrected chi connectivity index (χ4v) is 3.84. The monoisotopic (exact) mass is 455 g/mol. The summed E-state index contributed by atoms with van der Waals surface area (Å²) in [6.07, 6.45) is 2.30. The summed E-state index contributed by atoms with van der Waals surface area (Å²) in [6.45, 7) is 9.47. The highest BCUT2D eigenvalue weighted by atomic mass is 35.5. The highest BCUT2D eigenvalue weighted by molar-refractivity contribution is 8.18. The highest BCUT2D eigenvalue weighted by Gasteiger charge is 2.41. The molecule has 1 fully saturated rings. The van der Waals surface area contributed by atoms with Crippen molar-refractivity contribution in [2.75, 3.05) is 13.2 Å². The van der Waals surface area contributed by atoms with Crippen LogP contribution in [0.4, 0.5) is 4.79 Å². The van der Waals surface area contributed by atoms with Crippen LogP contribution in [0.3, 0.4) is 0 Å². The molecule has 1 saturated heterocycles. The second-order valence-electron chi connectivity index (χ2n) is 6.58. The predicted molar refractivity (Wildman–Crippen MR) is 117 cm³/mol. The number of halogens is 1. The number of thioether (sulfide) groups is 1. The zero-order chi connectivity index (χ0) is 22.4. The van der Waals surface area contributed by atoms with Gasteiger partial charge in [0.05, 0.1) is 29.2 Å². The molecule has 1 aromatic carbocycles. The largest absolute Gasteiger partial charge is 0.490 e. The Morgan fingerprint density at radius 1 is 1.20 bits per heavy atom. The molecule has 9 heteroatoms. The van der Waals surface area contributed by atoms with Gasteiger partial charge in [0.25, 0.3) is 11.1 Å². The maximum atomic E-state index is 12.7. The van der Waals surface area contributed by atoms with Crippen molar-refractivity contribution in [2.24, 2.45) is 0 Å². The maximum Gasteiger partial charge on any atom is 0.329 e. The molecule has 1 aliphatic rings. The van der Waals surface area contributed by atoms with E-state index in [2.05, 4.69) is 0 Å². The second-order valence-corrected chi connectivity index (χ2v) is 7.98. The molecule has 0 aliphatic carbocycles. The SMILES string of the molecule is CCOC(=O)[C@H](C)N1C(=O)S/C(=C/c2cc(Cl)c(O[C@H](C)CC)c(OCC)c2)C1=O. The average molecular weight is 456 g/mol. The number of benzene rings is 1. The van der Waals surface area contributed by atoms with Gasteiger partial charge in [0.2, 0.25) is 0 Å². The van der Waals surface area contributed by atoms with E-state index in [0.717, 1.165) is 23.1 Å². The first kappa shape index (κ1) is 24.1. The molecule has 0 unspecified atom stereocenters. The summed E-state index contributed by atoms with van der Waals surface area (Å²) >= 11 is 7.17. The molecule has 2 atom stereocenters. The van der Waals surface area contributed by atoms with Crippen LogP contribution in [-0.4, -0.2) is 47.4 Å². The number of rotatable bonds is 9. The normalized spacial score (nSPS) is 17.3. The molecule has 0 N–H and O–H groups in total. The first-order valence-corrected chi connectivity index (χ1v) is 11.0. The van der Waals surface area contributed by atoms with E-state index in [1.54, 1.807) is 25.1 Å². The summed E-state index contributed by atoms with van der Waals surface area (Å²) in [6, 6.07) is 2.35. The molecule has 1 aromatic rings. The van der Waals surface area contributed by atoms with Crippen molar-refractivity contribution in [1.29, 1.82) is 0 Å². The zero-order valence-electron chi connectivity index (χ0n) is 17.7. The van der Waals surface area contributed by atoms with E-state index in [9.17, 15) is 14.4 Å². The molecule has 0 bridgehead atoms. The van der Waals surface area contributed by atoms with Crippen LogP contribution in [0.5, 0.6) is 11.5 Å². The van der Waals surface area contributed by atoms with Crippen molar-refractivity contribution in [2.45, 2.75) is 53.2 Å². The van der Waals surface area contributed by atoms with Crippen LogP contribution in [0.15, 0.2) is 17.0 Å². The van der Waals surface area contributed by atoms with Gasteiger partial charge in [-0.3, -0.25) is 14.5 Å². The number of imide groups is 1. The standard InChI is InChI=1S/C21H26ClNO6S/c1-6-12(4)29-18-15(22)9-14(10-16(18)27-7-2)11-17-19(24)23(21(26)30-17)13(5)20(25)28-8-3/h9-13H,6-8H2,1-5H3/b17-11+/t12-,13+/m1/s1. The Morgan fingerprint density at radius 2 is 1.90 bits per heavy atom. The number of carbonyl (C=O) groups excluding carboxylic acids is 3. The van der Waals surface area contributed by atoms with E-state index in [1.807, 2.05) is 20.8 Å². The summed E-state index contributed by atoms with van der Waals surface area (Å²) in [7, 11) is 0. The van der Waals surface area contributed by atoms with Gasteiger partial charge < -0.3 is 14.2 Å². The van der Waals surface area contributed by atoms with Crippen LogP contribution in [0.1, 0.15) is 46.6 Å². The number of ether oxygens (including phenoxy) is 3. The molecule has 164 valence electrons. The highest BCUT2D eigenvalue weighted by Crippen LogP contribution is 2.40. The van der Waals surface area contributed by atoms with E-state index >= 15 is 0 Å². The summed E-state index contributed by atoms with van der Waals surface area (Å²) < 4.78 is 16.5. The maximum absolute atomic E-state index is 12.7. The van der Waals surface area contributed by atoms with Crippen molar-refractivity contribution in [3.05, 3.63) is 27.6 Å². The number of carbonyl (C=O) groups is 3. The van der Waals surface area contributed by atoms with Crippen molar-refractivity contribution >= 4 is 46.6 Å². The molecule has 7 nitrogen and oxygen atoms in total. The molecule has 2 rings (SSSR count). The molecule has 0 radical (unpaired) electrons. The van der Waals surface area contributed by atoms with Crippen molar-refractivity contribution < 1.29 is 28.6 Å². The van der Waals surface area contributed by atoms with E-state index in [1.165, 1.54) is 6.92 Å². The quantitative estimate of drug-likeness (QED) is 0.386. The van der Waals surface area contributed by atoms with Crippen LogP contribution in [-0.2, 0) is 14.3 Å². The van der Waals surface area contributed by atoms with Gasteiger partial charge in [-0.25, -0.2) is 4.79 Å². The van der Waals surface area contributed by atoms with Crippen molar-refractivity contribution in [3.63, 3.8) is 0 Å². The van der Waals surface area contributed by atoms with Crippen LogP contribution >= 0.6 is 23.4 Å².